The molecule has 2 rings (SSSR count). The van der Waals surface area contributed by atoms with Crippen LogP contribution in [-0.2, 0) is 11.3 Å². The molecule has 1 aromatic rings. The highest BCUT2D eigenvalue weighted by Gasteiger charge is 2.42. The zero-order valence-electron chi connectivity index (χ0n) is 11.5. The van der Waals surface area contributed by atoms with Crippen molar-refractivity contribution in [3.63, 3.8) is 0 Å². The van der Waals surface area contributed by atoms with Crippen LogP contribution < -0.4 is 5.73 Å². The first kappa shape index (κ1) is 15.0. The van der Waals surface area contributed by atoms with E-state index in [1.54, 1.807) is 6.07 Å². The SMILES string of the molecule is CC(C)[C@H](N)C(=O)N1Cc2ccc(F)cc2[C@H]1B(O)O. The minimum Gasteiger partial charge on any atom is -0.426 e. The van der Waals surface area contributed by atoms with Gasteiger partial charge in [-0.3, -0.25) is 4.79 Å². The minimum absolute atomic E-state index is 0.0700. The van der Waals surface area contributed by atoms with Gasteiger partial charge in [0.2, 0.25) is 5.91 Å². The first-order valence-corrected chi connectivity index (χ1v) is 6.53. The summed E-state index contributed by atoms with van der Waals surface area (Å²) >= 11 is 0. The Bertz CT molecular complexity index is 524. The molecule has 0 bridgehead atoms. The average molecular weight is 280 g/mol. The van der Waals surface area contributed by atoms with E-state index in [4.69, 9.17) is 5.73 Å². The Morgan fingerprint density at radius 1 is 1.50 bits per heavy atom. The van der Waals surface area contributed by atoms with E-state index in [1.165, 1.54) is 17.0 Å². The predicted molar refractivity (Wildman–Crippen MR) is 72.7 cm³/mol. The summed E-state index contributed by atoms with van der Waals surface area (Å²) in [5, 5.41) is 19.1. The minimum atomic E-state index is -1.78. The zero-order valence-corrected chi connectivity index (χ0v) is 11.5. The topological polar surface area (TPSA) is 86.8 Å². The van der Waals surface area contributed by atoms with Gasteiger partial charge >= 0.3 is 7.12 Å². The normalized spacial score (nSPS) is 19.1. The predicted octanol–water partition coefficient (Wildman–Crippen LogP) is 0.204. The second kappa shape index (κ2) is 5.51. The van der Waals surface area contributed by atoms with Crippen LogP contribution >= 0.6 is 0 Å². The van der Waals surface area contributed by atoms with Crippen molar-refractivity contribution < 1.29 is 19.2 Å². The van der Waals surface area contributed by atoms with Crippen molar-refractivity contribution >= 4 is 13.0 Å². The van der Waals surface area contributed by atoms with Crippen LogP contribution in [0.5, 0.6) is 0 Å². The summed E-state index contributed by atoms with van der Waals surface area (Å²) in [6.07, 6.45) is 0. The van der Waals surface area contributed by atoms with Crippen LogP contribution in [0.3, 0.4) is 0 Å². The first-order chi connectivity index (χ1) is 9.32. The van der Waals surface area contributed by atoms with Gasteiger partial charge in [-0.2, -0.15) is 0 Å². The van der Waals surface area contributed by atoms with Crippen LogP contribution in [0.2, 0.25) is 0 Å². The number of carbonyl (C=O) groups is 1. The first-order valence-electron chi connectivity index (χ1n) is 6.53. The Balaban J connectivity index is 2.35. The third kappa shape index (κ3) is 2.56. The molecule has 2 atom stereocenters. The lowest BCUT2D eigenvalue weighted by molar-refractivity contribution is -0.135. The molecular formula is C13H18BFN2O3. The monoisotopic (exact) mass is 280 g/mol. The van der Waals surface area contributed by atoms with Crippen LogP contribution in [-0.4, -0.2) is 34.0 Å². The fourth-order valence-corrected chi connectivity index (χ4v) is 2.45. The van der Waals surface area contributed by atoms with Gasteiger partial charge in [-0.1, -0.05) is 19.9 Å². The fourth-order valence-electron chi connectivity index (χ4n) is 2.45. The lowest BCUT2D eigenvalue weighted by atomic mass is 9.75. The summed E-state index contributed by atoms with van der Waals surface area (Å²) < 4.78 is 13.3. The molecule has 20 heavy (non-hydrogen) atoms. The number of hydrogen-bond acceptors (Lipinski definition) is 4. The van der Waals surface area contributed by atoms with Crippen molar-refractivity contribution in [1.82, 2.24) is 4.90 Å². The van der Waals surface area contributed by atoms with Gasteiger partial charge in [-0.15, -0.1) is 0 Å². The van der Waals surface area contributed by atoms with Crippen molar-refractivity contribution in [3.05, 3.63) is 35.1 Å². The van der Waals surface area contributed by atoms with E-state index in [2.05, 4.69) is 0 Å². The molecule has 108 valence electrons. The molecule has 7 heteroatoms. The highest BCUT2D eigenvalue weighted by molar-refractivity contribution is 6.43. The number of amides is 1. The summed E-state index contributed by atoms with van der Waals surface area (Å²) in [5.74, 6) is -1.89. The van der Waals surface area contributed by atoms with Crippen LogP contribution in [0.15, 0.2) is 18.2 Å². The second-order valence-electron chi connectivity index (χ2n) is 5.44. The smallest absolute Gasteiger partial charge is 0.426 e. The van der Waals surface area contributed by atoms with E-state index in [9.17, 15) is 19.2 Å². The highest BCUT2D eigenvalue weighted by atomic mass is 19.1. The molecule has 1 heterocycles. The van der Waals surface area contributed by atoms with Crippen molar-refractivity contribution in [1.29, 1.82) is 0 Å². The summed E-state index contributed by atoms with van der Waals surface area (Å²) in [5.41, 5.74) is 6.96. The lowest BCUT2D eigenvalue weighted by Gasteiger charge is -2.28. The van der Waals surface area contributed by atoms with Gasteiger partial charge in [0.15, 0.2) is 0 Å². The van der Waals surface area contributed by atoms with E-state index in [-0.39, 0.29) is 18.4 Å². The van der Waals surface area contributed by atoms with Crippen LogP contribution in [0.1, 0.15) is 30.9 Å². The molecule has 0 aliphatic carbocycles. The maximum Gasteiger partial charge on any atom is 0.480 e. The van der Waals surface area contributed by atoms with Gasteiger partial charge in [0, 0.05) is 6.54 Å². The van der Waals surface area contributed by atoms with Gasteiger partial charge in [0.1, 0.15) is 5.82 Å². The standard InChI is InChI=1S/C13H18BFN2O3/c1-7(2)11(16)13(18)17-6-8-3-4-9(15)5-10(8)12(17)14(19)20/h3-5,7,11-12,19-20H,6,16H2,1-2H3/t11-,12-/m0/s1. The van der Waals surface area contributed by atoms with E-state index in [1.807, 2.05) is 13.8 Å². The molecule has 1 aromatic carbocycles. The Hall–Kier alpha value is -1.44. The third-order valence-corrected chi connectivity index (χ3v) is 3.67. The molecule has 0 radical (unpaired) electrons. The van der Waals surface area contributed by atoms with E-state index >= 15 is 0 Å². The van der Waals surface area contributed by atoms with Crippen LogP contribution in [0.4, 0.5) is 4.39 Å². The van der Waals surface area contributed by atoms with Crippen LogP contribution in [0, 0.1) is 11.7 Å². The maximum absolute atomic E-state index is 13.3. The number of benzene rings is 1. The quantitative estimate of drug-likeness (QED) is 0.690. The van der Waals surface area contributed by atoms with Gasteiger partial charge in [0.25, 0.3) is 0 Å². The Morgan fingerprint density at radius 3 is 2.70 bits per heavy atom. The number of rotatable bonds is 3. The number of fused-ring (bicyclic) bond motifs is 1. The number of halogens is 1. The molecule has 0 unspecified atom stereocenters. The molecule has 1 aliphatic heterocycles. The van der Waals surface area contributed by atoms with Gasteiger partial charge < -0.3 is 20.7 Å². The van der Waals surface area contributed by atoms with Crippen LogP contribution in [0.25, 0.3) is 0 Å². The van der Waals surface area contributed by atoms with Crippen molar-refractivity contribution in [3.8, 4) is 0 Å². The van der Waals surface area contributed by atoms with Crippen molar-refractivity contribution in [2.24, 2.45) is 11.7 Å². The number of nitrogens with two attached hydrogens (primary N) is 1. The summed E-state index contributed by atoms with van der Waals surface area (Å²) in [7, 11) is -1.78. The van der Waals surface area contributed by atoms with E-state index in [0.29, 0.717) is 11.1 Å². The van der Waals surface area contributed by atoms with Gasteiger partial charge in [-0.05, 0) is 29.2 Å². The fraction of sp³-hybridized carbons (Fsp3) is 0.462. The lowest BCUT2D eigenvalue weighted by Crippen LogP contribution is -2.48. The van der Waals surface area contributed by atoms with Gasteiger partial charge in [0.05, 0.1) is 12.0 Å². The summed E-state index contributed by atoms with van der Waals surface area (Å²) in [4.78, 5) is 13.6. The summed E-state index contributed by atoms with van der Waals surface area (Å²) in [6, 6.07) is 3.34. The third-order valence-electron chi connectivity index (χ3n) is 3.67. The molecule has 0 aromatic heterocycles. The molecule has 0 fully saturated rings. The Labute approximate surface area is 117 Å². The number of hydrogen-bond donors (Lipinski definition) is 3. The molecule has 1 aliphatic rings. The summed E-state index contributed by atoms with van der Waals surface area (Å²) in [6.45, 7) is 3.84. The molecular weight excluding hydrogens is 262 g/mol. The van der Waals surface area contributed by atoms with E-state index in [0.717, 1.165) is 0 Å². The molecule has 0 saturated heterocycles. The zero-order chi connectivity index (χ0) is 15.0. The maximum atomic E-state index is 13.3. The molecule has 0 saturated carbocycles. The Kier molecular flexibility index (Phi) is 4.13. The number of nitrogens with zero attached hydrogens (tertiary/aromatic N) is 1. The molecule has 0 spiro atoms. The largest absolute Gasteiger partial charge is 0.480 e. The average Bonchev–Trinajstić information content (AvgIpc) is 2.75. The molecule has 1 amide bonds. The van der Waals surface area contributed by atoms with E-state index < -0.39 is 24.9 Å². The van der Waals surface area contributed by atoms with Crippen molar-refractivity contribution in [2.45, 2.75) is 32.4 Å². The van der Waals surface area contributed by atoms with Crippen molar-refractivity contribution in [2.75, 3.05) is 0 Å². The number of carbonyl (C=O) groups excluding carboxylic acids is 1. The molecule has 4 N–H and O–H groups in total. The Morgan fingerprint density at radius 2 is 2.15 bits per heavy atom. The second-order valence-corrected chi connectivity index (χ2v) is 5.44. The molecule has 5 nitrogen and oxygen atoms in total. The van der Waals surface area contributed by atoms with Gasteiger partial charge in [-0.25, -0.2) is 4.39 Å². The highest BCUT2D eigenvalue weighted by Crippen LogP contribution is 2.35.